The molecule has 17 heavy (non-hydrogen) atoms. The fourth-order valence-electron chi connectivity index (χ4n) is 2.16. The van der Waals surface area contributed by atoms with Crippen molar-refractivity contribution < 1.29 is 9.84 Å². The molecule has 94 valence electrons. The molecule has 1 heterocycles. The summed E-state index contributed by atoms with van der Waals surface area (Å²) in [6, 6.07) is 6.26. The minimum Gasteiger partial charge on any atom is -0.492 e. The Labute approximate surface area is 103 Å². The van der Waals surface area contributed by atoms with Gasteiger partial charge >= 0.3 is 0 Å². The molecule has 3 nitrogen and oxygen atoms in total. The second-order valence-corrected chi connectivity index (χ2v) is 4.86. The first-order valence-electron chi connectivity index (χ1n) is 6.25. The minimum absolute atomic E-state index is 0.143. The van der Waals surface area contributed by atoms with E-state index in [1.807, 2.05) is 0 Å². The quantitative estimate of drug-likeness (QED) is 0.863. The number of benzene rings is 1. The van der Waals surface area contributed by atoms with E-state index in [0.717, 1.165) is 31.8 Å². The maximum absolute atomic E-state index is 9.41. The van der Waals surface area contributed by atoms with Crippen molar-refractivity contribution in [2.24, 2.45) is 0 Å². The van der Waals surface area contributed by atoms with Crippen LogP contribution >= 0.6 is 0 Å². The summed E-state index contributed by atoms with van der Waals surface area (Å²) in [6.07, 6.45) is 0.749. The predicted octanol–water partition coefficient (Wildman–Crippen LogP) is 1.75. The van der Waals surface area contributed by atoms with Gasteiger partial charge < -0.3 is 9.84 Å². The third-order valence-electron chi connectivity index (χ3n) is 3.26. The zero-order valence-electron chi connectivity index (χ0n) is 10.6. The zero-order chi connectivity index (χ0) is 12.3. The van der Waals surface area contributed by atoms with Crippen LogP contribution in [0.3, 0.4) is 0 Å². The molecule has 1 aliphatic rings. The van der Waals surface area contributed by atoms with Gasteiger partial charge in [0.05, 0.1) is 6.10 Å². The van der Waals surface area contributed by atoms with Crippen LogP contribution in [0.4, 0.5) is 0 Å². The van der Waals surface area contributed by atoms with E-state index in [1.165, 1.54) is 11.1 Å². The Morgan fingerprint density at radius 3 is 2.94 bits per heavy atom. The number of hydrogen-bond donors (Lipinski definition) is 1. The molecular weight excluding hydrogens is 214 g/mol. The molecule has 0 radical (unpaired) electrons. The molecule has 0 bridgehead atoms. The van der Waals surface area contributed by atoms with Gasteiger partial charge in [0.2, 0.25) is 0 Å². The molecule has 1 aliphatic heterocycles. The van der Waals surface area contributed by atoms with E-state index >= 15 is 0 Å². The second kappa shape index (κ2) is 5.52. The van der Waals surface area contributed by atoms with Gasteiger partial charge in [0.15, 0.2) is 0 Å². The van der Waals surface area contributed by atoms with Crippen LogP contribution in [0, 0.1) is 13.8 Å². The fraction of sp³-hybridized carbons (Fsp3) is 0.571. The molecule has 1 atom stereocenters. The second-order valence-electron chi connectivity index (χ2n) is 4.86. The summed E-state index contributed by atoms with van der Waals surface area (Å²) in [5.74, 6) is 0.977. The van der Waals surface area contributed by atoms with E-state index in [0.29, 0.717) is 6.61 Å². The summed E-state index contributed by atoms with van der Waals surface area (Å²) in [5.41, 5.74) is 2.40. The van der Waals surface area contributed by atoms with Crippen LogP contribution in [0.2, 0.25) is 0 Å². The lowest BCUT2D eigenvalue weighted by molar-refractivity contribution is 0.167. The van der Waals surface area contributed by atoms with Gasteiger partial charge in [0, 0.05) is 19.6 Å². The van der Waals surface area contributed by atoms with Crippen molar-refractivity contribution in [3.63, 3.8) is 0 Å². The highest BCUT2D eigenvalue weighted by Crippen LogP contribution is 2.19. The van der Waals surface area contributed by atoms with Crippen molar-refractivity contribution in [1.29, 1.82) is 0 Å². The lowest BCUT2D eigenvalue weighted by atomic mass is 10.1. The molecule has 2 rings (SSSR count). The maximum Gasteiger partial charge on any atom is 0.122 e. The first-order valence-corrected chi connectivity index (χ1v) is 6.25. The van der Waals surface area contributed by atoms with Gasteiger partial charge in [0.25, 0.3) is 0 Å². The topological polar surface area (TPSA) is 32.7 Å². The van der Waals surface area contributed by atoms with E-state index in [1.54, 1.807) is 0 Å². The van der Waals surface area contributed by atoms with Crippen molar-refractivity contribution in [3.8, 4) is 5.75 Å². The highest BCUT2D eigenvalue weighted by atomic mass is 16.5. The Morgan fingerprint density at radius 1 is 1.41 bits per heavy atom. The molecule has 1 saturated heterocycles. The van der Waals surface area contributed by atoms with Crippen molar-refractivity contribution in [3.05, 3.63) is 29.3 Å². The van der Waals surface area contributed by atoms with E-state index < -0.39 is 0 Å². The largest absolute Gasteiger partial charge is 0.492 e. The zero-order valence-corrected chi connectivity index (χ0v) is 10.6. The predicted molar refractivity (Wildman–Crippen MR) is 68.5 cm³/mol. The Morgan fingerprint density at radius 2 is 2.24 bits per heavy atom. The molecule has 0 unspecified atom stereocenters. The number of ether oxygens (including phenoxy) is 1. The molecule has 0 spiro atoms. The Bertz CT molecular complexity index is 378. The van der Waals surface area contributed by atoms with Gasteiger partial charge in [-0.2, -0.15) is 0 Å². The van der Waals surface area contributed by atoms with Crippen molar-refractivity contribution >= 4 is 0 Å². The van der Waals surface area contributed by atoms with Gasteiger partial charge in [-0.15, -0.1) is 0 Å². The molecular formula is C14H21NO2. The first-order chi connectivity index (χ1) is 8.15. The highest BCUT2D eigenvalue weighted by molar-refractivity contribution is 5.35. The van der Waals surface area contributed by atoms with Crippen LogP contribution in [0.1, 0.15) is 17.5 Å². The average Bonchev–Trinajstić information content (AvgIpc) is 2.69. The van der Waals surface area contributed by atoms with E-state index in [4.69, 9.17) is 4.74 Å². The number of β-amino-alcohol motifs (C(OH)–C–C–N with tert-alkyl or cyclic N) is 1. The molecule has 0 aliphatic carbocycles. The summed E-state index contributed by atoms with van der Waals surface area (Å²) in [6.45, 7) is 7.49. The van der Waals surface area contributed by atoms with Gasteiger partial charge in [-0.1, -0.05) is 12.1 Å². The lowest BCUT2D eigenvalue weighted by Gasteiger charge is -2.16. The molecule has 1 fully saturated rings. The lowest BCUT2D eigenvalue weighted by Crippen LogP contribution is -2.27. The third kappa shape index (κ3) is 3.45. The van der Waals surface area contributed by atoms with Crippen LogP contribution in [0.15, 0.2) is 18.2 Å². The molecule has 3 heteroatoms. The van der Waals surface area contributed by atoms with Crippen LogP contribution in [0.5, 0.6) is 5.75 Å². The van der Waals surface area contributed by atoms with E-state index in [-0.39, 0.29) is 6.10 Å². The first kappa shape index (κ1) is 12.4. The van der Waals surface area contributed by atoms with Gasteiger partial charge in [0.1, 0.15) is 12.4 Å². The summed E-state index contributed by atoms with van der Waals surface area (Å²) < 4.78 is 5.79. The molecule has 1 aromatic rings. The van der Waals surface area contributed by atoms with Crippen molar-refractivity contribution in [1.82, 2.24) is 4.90 Å². The van der Waals surface area contributed by atoms with Crippen molar-refractivity contribution in [2.75, 3.05) is 26.2 Å². The fourth-order valence-corrected chi connectivity index (χ4v) is 2.16. The number of likely N-dealkylation sites (tertiary alicyclic amines) is 1. The number of aliphatic hydroxyl groups excluding tert-OH is 1. The molecule has 0 aromatic heterocycles. The Hall–Kier alpha value is -1.06. The maximum atomic E-state index is 9.41. The monoisotopic (exact) mass is 235 g/mol. The Balaban J connectivity index is 1.80. The highest BCUT2D eigenvalue weighted by Gasteiger charge is 2.19. The normalized spacial score (nSPS) is 20.8. The van der Waals surface area contributed by atoms with Gasteiger partial charge in [-0.3, -0.25) is 4.90 Å². The smallest absolute Gasteiger partial charge is 0.122 e. The van der Waals surface area contributed by atoms with Crippen LogP contribution in [0.25, 0.3) is 0 Å². The van der Waals surface area contributed by atoms with Gasteiger partial charge in [-0.25, -0.2) is 0 Å². The van der Waals surface area contributed by atoms with Crippen LogP contribution in [-0.2, 0) is 0 Å². The number of rotatable bonds is 4. The van der Waals surface area contributed by atoms with Gasteiger partial charge in [-0.05, 0) is 37.5 Å². The molecule has 0 saturated carbocycles. The summed E-state index contributed by atoms with van der Waals surface area (Å²) in [5, 5.41) is 9.41. The summed E-state index contributed by atoms with van der Waals surface area (Å²) >= 11 is 0. The summed E-state index contributed by atoms with van der Waals surface area (Å²) in [4.78, 5) is 2.25. The molecule has 1 aromatic carbocycles. The van der Waals surface area contributed by atoms with Crippen LogP contribution in [-0.4, -0.2) is 42.4 Å². The minimum atomic E-state index is -0.143. The standard InChI is InChI=1S/C14H21NO2/c1-11-3-4-12(2)14(9-11)17-8-7-15-6-5-13(16)10-15/h3-4,9,13,16H,5-8,10H2,1-2H3/t13-/m1/s1. The summed E-state index contributed by atoms with van der Waals surface area (Å²) in [7, 11) is 0. The number of nitrogens with zero attached hydrogens (tertiary/aromatic N) is 1. The third-order valence-corrected chi connectivity index (χ3v) is 3.26. The van der Waals surface area contributed by atoms with E-state index in [2.05, 4.69) is 36.9 Å². The van der Waals surface area contributed by atoms with Crippen LogP contribution < -0.4 is 4.74 Å². The SMILES string of the molecule is Cc1ccc(C)c(OCCN2CC[C@@H](O)C2)c1. The molecule has 1 N–H and O–H groups in total. The van der Waals surface area contributed by atoms with Crippen molar-refractivity contribution in [2.45, 2.75) is 26.4 Å². The van der Waals surface area contributed by atoms with E-state index in [9.17, 15) is 5.11 Å². The number of hydrogen-bond acceptors (Lipinski definition) is 3. The number of aliphatic hydroxyl groups is 1. The average molecular weight is 235 g/mol. The Kier molecular flexibility index (Phi) is 4.02. The number of aryl methyl sites for hydroxylation is 2. The molecule has 0 amide bonds.